The van der Waals surface area contributed by atoms with Crippen molar-refractivity contribution in [1.29, 1.82) is 0 Å². The molecule has 0 unspecified atom stereocenters. The molecule has 0 aromatic heterocycles. The first-order valence-corrected chi connectivity index (χ1v) is 8.63. The average Bonchev–Trinajstić information content (AvgIpc) is 2.73. The zero-order valence-corrected chi connectivity index (χ0v) is 15.3. The van der Waals surface area contributed by atoms with Crippen LogP contribution in [0.3, 0.4) is 0 Å². The molecule has 3 rings (SSSR count). The van der Waals surface area contributed by atoms with Gasteiger partial charge < -0.3 is 14.6 Å². The van der Waals surface area contributed by atoms with Crippen molar-refractivity contribution < 1.29 is 19.4 Å². The van der Waals surface area contributed by atoms with E-state index in [4.69, 9.17) is 14.6 Å². The van der Waals surface area contributed by atoms with Crippen molar-refractivity contribution in [3.63, 3.8) is 0 Å². The van der Waals surface area contributed by atoms with E-state index in [1.165, 1.54) is 12.1 Å². The Kier molecular flexibility index (Phi) is 6.25. The zero-order valence-electron chi connectivity index (χ0n) is 15.3. The number of benzene rings is 3. The standard InChI is InChI=1S/C22H20N2O4/c1-27-20-11-10-17(12-21(20)28-15-16-6-3-2-4-7-16)14-23-24-19-9-5-8-18(13-19)22(25)26/h2-14,24H,15H2,1H3,(H,25,26)/b23-14-. The van der Waals surface area contributed by atoms with E-state index in [2.05, 4.69) is 10.5 Å². The summed E-state index contributed by atoms with van der Waals surface area (Å²) in [7, 11) is 1.59. The second-order valence-corrected chi connectivity index (χ2v) is 5.94. The van der Waals surface area contributed by atoms with E-state index in [-0.39, 0.29) is 5.56 Å². The van der Waals surface area contributed by atoms with Gasteiger partial charge in [0.1, 0.15) is 6.61 Å². The van der Waals surface area contributed by atoms with E-state index < -0.39 is 5.97 Å². The van der Waals surface area contributed by atoms with Crippen LogP contribution >= 0.6 is 0 Å². The maximum absolute atomic E-state index is 11.0. The van der Waals surface area contributed by atoms with Gasteiger partial charge in [0.25, 0.3) is 0 Å². The molecule has 6 heteroatoms. The number of hydrazone groups is 1. The second kappa shape index (κ2) is 9.23. The summed E-state index contributed by atoms with van der Waals surface area (Å²) >= 11 is 0. The number of methoxy groups -OCH3 is 1. The van der Waals surface area contributed by atoms with Crippen LogP contribution in [0.1, 0.15) is 21.5 Å². The molecule has 0 aliphatic carbocycles. The van der Waals surface area contributed by atoms with Crippen LogP contribution in [-0.2, 0) is 6.61 Å². The Hall–Kier alpha value is -3.80. The van der Waals surface area contributed by atoms with Crippen LogP contribution in [0.5, 0.6) is 11.5 Å². The number of ether oxygens (including phenoxy) is 2. The lowest BCUT2D eigenvalue weighted by molar-refractivity contribution is 0.0697. The van der Waals surface area contributed by atoms with Gasteiger partial charge in [0.05, 0.1) is 24.6 Å². The molecular weight excluding hydrogens is 356 g/mol. The number of nitrogens with one attached hydrogen (secondary N) is 1. The van der Waals surface area contributed by atoms with Crippen LogP contribution in [0.25, 0.3) is 0 Å². The van der Waals surface area contributed by atoms with E-state index in [9.17, 15) is 4.79 Å². The molecule has 28 heavy (non-hydrogen) atoms. The normalized spacial score (nSPS) is 10.6. The van der Waals surface area contributed by atoms with Gasteiger partial charge in [0.15, 0.2) is 11.5 Å². The number of carbonyl (C=O) groups is 1. The molecule has 0 radical (unpaired) electrons. The minimum absolute atomic E-state index is 0.196. The van der Waals surface area contributed by atoms with Crippen molar-refractivity contribution >= 4 is 17.9 Å². The maximum atomic E-state index is 11.0. The highest BCUT2D eigenvalue weighted by molar-refractivity contribution is 5.89. The van der Waals surface area contributed by atoms with E-state index in [0.717, 1.165) is 11.1 Å². The first-order valence-electron chi connectivity index (χ1n) is 8.63. The highest BCUT2D eigenvalue weighted by Gasteiger charge is 2.06. The number of carboxylic acid groups (broad SMARTS) is 1. The van der Waals surface area contributed by atoms with E-state index >= 15 is 0 Å². The summed E-state index contributed by atoms with van der Waals surface area (Å²) < 4.78 is 11.2. The first kappa shape index (κ1) is 19.0. The Morgan fingerprint density at radius 1 is 1.04 bits per heavy atom. The Bertz CT molecular complexity index is 971. The van der Waals surface area contributed by atoms with Gasteiger partial charge >= 0.3 is 5.97 Å². The zero-order chi connectivity index (χ0) is 19.8. The Morgan fingerprint density at radius 2 is 1.86 bits per heavy atom. The quantitative estimate of drug-likeness (QED) is 0.449. The number of nitrogens with zero attached hydrogens (tertiary/aromatic N) is 1. The Morgan fingerprint density at radius 3 is 2.61 bits per heavy atom. The van der Waals surface area contributed by atoms with Crippen LogP contribution in [0.15, 0.2) is 77.9 Å². The molecule has 0 heterocycles. The predicted molar refractivity (Wildman–Crippen MR) is 108 cm³/mol. The third-order valence-electron chi connectivity index (χ3n) is 3.94. The summed E-state index contributed by atoms with van der Waals surface area (Å²) in [6.07, 6.45) is 1.63. The molecular formula is C22H20N2O4. The monoisotopic (exact) mass is 376 g/mol. The Balaban J connectivity index is 1.69. The summed E-state index contributed by atoms with van der Waals surface area (Å²) in [5, 5.41) is 13.2. The fourth-order valence-corrected chi connectivity index (χ4v) is 2.52. The summed E-state index contributed by atoms with van der Waals surface area (Å²) in [5.74, 6) is 0.265. The van der Waals surface area contributed by atoms with Crippen molar-refractivity contribution in [3.05, 3.63) is 89.5 Å². The van der Waals surface area contributed by atoms with E-state index in [1.807, 2.05) is 48.5 Å². The molecule has 0 atom stereocenters. The molecule has 0 spiro atoms. The van der Waals surface area contributed by atoms with E-state index in [0.29, 0.717) is 23.8 Å². The number of rotatable bonds is 8. The van der Waals surface area contributed by atoms with Crippen LogP contribution < -0.4 is 14.9 Å². The number of hydrogen-bond acceptors (Lipinski definition) is 5. The third kappa shape index (κ3) is 5.11. The number of carboxylic acids is 1. The third-order valence-corrected chi connectivity index (χ3v) is 3.94. The number of hydrogen-bond donors (Lipinski definition) is 2. The molecule has 0 saturated heterocycles. The van der Waals surface area contributed by atoms with Gasteiger partial charge in [-0.05, 0) is 47.5 Å². The first-order chi connectivity index (χ1) is 13.7. The van der Waals surface area contributed by atoms with Gasteiger partial charge in [-0.2, -0.15) is 5.10 Å². The summed E-state index contributed by atoms with van der Waals surface area (Å²) in [4.78, 5) is 11.0. The van der Waals surface area contributed by atoms with Gasteiger partial charge in [0.2, 0.25) is 0 Å². The molecule has 0 saturated carbocycles. The summed E-state index contributed by atoms with van der Waals surface area (Å²) in [6, 6.07) is 21.8. The van der Waals surface area contributed by atoms with Gasteiger partial charge in [-0.1, -0.05) is 36.4 Å². The minimum Gasteiger partial charge on any atom is -0.493 e. The smallest absolute Gasteiger partial charge is 0.335 e. The van der Waals surface area contributed by atoms with Gasteiger partial charge in [-0.15, -0.1) is 0 Å². The predicted octanol–water partition coefficient (Wildman–Crippen LogP) is 4.42. The van der Waals surface area contributed by atoms with Crippen LogP contribution in [0, 0.1) is 0 Å². The van der Waals surface area contributed by atoms with Crippen LogP contribution in [0.2, 0.25) is 0 Å². The van der Waals surface area contributed by atoms with Crippen LogP contribution in [0.4, 0.5) is 5.69 Å². The van der Waals surface area contributed by atoms with Gasteiger partial charge in [-0.3, -0.25) is 5.43 Å². The average molecular weight is 376 g/mol. The van der Waals surface area contributed by atoms with Gasteiger partial charge in [-0.25, -0.2) is 4.79 Å². The van der Waals surface area contributed by atoms with E-state index in [1.54, 1.807) is 25.5 Å². The number of anilines is 1. The van der Waals surface area contributed by atoms with Crippen molar-refractivity contribution in [2.24, 2.45) is 5.10 Å². The highest BCUT2D eigenvalue weighted by Crippen LogP contribution is 2.28. The maximum Gasteiger partial charge on any atom is 0.335 e. The van der Waals surface area contributed by atoms with Crippen LogP contribution in [-0.4, -0.2) is 24.4 Å². The molecule has 0 aliphatic heterocycles. The molecule has 3 aromatic rings. The SMILES string of the molecule is COc1ccc(/C=N\Nc2cccc(C(=O)O)c2)cc1OCc1ccccc1. The van der Waals surface area contributed by atoms with Crippen molar-refractivity contribution in [3.8, 4) is 11.5 Å². The highest BCUT2D eigenvalue weighted by atomic mass is 16.5. The second-order valence-electron chi connectivity index (χ2n) is 5.94. The molecule has 3 aromatic carbocycles. The van der Waals surface area contributed by atoms with Crippen molar-refractivity contribution in [2.75, 3.05) is 12.5 Å². The largest absolute Gasteiger partial charge is 0.493 e. The molecule has 0 bridgehead atoms. The molecule has 0 fully saturated rings. The Labute approximate surface area is 163 Å². The lowest BCUT2D eigenvalue weighted by atomic mass is 10.2. The lowest BCUT2D eigenvalue weighted by Crippen LogP contribution is -1.99. The number of aromatic carboxylic acids is 1. The molecule has 0 aliphatic rings. The lowest BCUT2D eigenvalue weighted by Gasteiger charge is -2.11. The molecule has 0 amide bonds. The minimum atomic E-state index is -0.983. The molecule has 142 valence electrons. The fourth-order valence-electron chi connectivity index (χ4n) is 2.52. The topological polar surface area (TPSA) is 80.2 Å². The van der Waals surface area contributed by atoms with Crippen molar-refractivity contribution in [1.82, 2.24) is 0 Å². The molecule has 6 nitrogen and oxygen atoms in total. The summed E-state index contributed by atoms with van der Waals surface area (Å²) in [5.41, 5.74) is 5.48. The van der Waals surface area contributed by atoms with Gasteiger partial charge in [0, 0.05) is 0 Å². The van der Waals surface area contributed by atoms with Crippen molar-refractivity contribution in [2.45, 2.75) is 6.61 Å². The summed E-state index contributed by atoms with van der Waals surface area (Å²) in [6.45, 7) is 0.429. The molecule has 2 N–H and O–H groups in total. The fraction of sp³-hybridized carbons (Fsp3) is 0.0909.